The molecule has 3 aliphatic rings. The van der Waals surface area contributed by atoms with Gasteiger partial charge in [-0.15, -0.1) is 0 Å². The number of fused-ring (bicyclic) bond motifs is 3. The summed E-state index contributed by atoms with van der Waals surface area (Å²) in [5.74, 6) is 1.74. The minimum absolute atomic E-state index is 0.102. The highest BCUT2D eigenvalue weighted by Crippen LogP contribution is 2.49. The van der Waals surface area contributed by atoms with Crippen LogP contribution in [-0.2, 0) is 16.0 Å². The van der Waals surface area contributed by atoms with E-state index in [1.54, 1.807) is 11.0 Å². The lowest BCUT2D eigenvalue weighted by Gasteiger charge is -2.36. The molecule has 4 nitrogen and oxygen atoms in total. The molecule has 1 aromatic rings. The molecule has 2 amide bonds. The molecule has 2 bridgehead atoms. The Morgan fingerprint density at radius 3 is 2.87 bits per heavy atom. The third-order valence-electron chi connectivity index (χ3n) is 6.13. The van der Waals surface area contributed by atoms with Gasteiger partial charge in [0, 0.05) is 13.0 Å². The van der Waals surface area contributed by atoms with Crippen LogP contribution < -0.4 is 5.73 Å². The smallest absolute Gasteiger partial charge is 0.244 e. The summed E-state index contributed by atoms with van der Waals surface area (Å²) in [6, 6.07) is 8.01. The third-order valence-corrected chi connectivity index (χ3v) is 6.13. The van der Waals surface area contributed by atoms with Gasteiger partial charge in [0.15, 0.2) is 0 Å². The van der Waals surface area contributed by atoms with Crippen LogP contribution in [0, 0.1) is 23.8 Å². The van der Waals surface area contributed by atoms with Gasteiger partial charge < -0.3 is 10.6 Å². The van der Waals surface area contributed by atoms with Crippen LogP contribution in [-0.4, -0.2) is 23.3 Å². The Balaban J connectivity index is 1.53. The summed E-state index contributed by atoms with van der Waals surface area (Å²) in [4.78, 5) is 26.6. The second-order valence-electron chi connectivity index (χ2n) is 7.41. The number of amides is 2. The van der Waals surface area contributed by atoms with Gasteiger partial charge in [0.1, 0.15) is 6.04 Å². The van der Waals surface area contributed by atoms with Crippen molar-refractivity contribution in [3.63, 3.8) is 0 Å². The van der Waals surface area contributed by atoms with Gasteiger partial charge in [-0.25, -0.2) is 0 Å². The fourth-order valence-electron chi connectivity index (χ4n) is 5.04. The molecule has 0 spiro atoms. The summed E-state index contributed by atoms with van der Waals surface area (Å²) in [7, 11) is 0. The van der Waals surface area contributed by atoms with Crippen LogP contribution in [0.4, 0.5) is 0 Å². The summed E-state index contributed by atoms with van der Waals surface area (Å²) >= 11 is 0. The first-order valence-corrected chi connectivity index (χ1v) is 8.71. The zero-order valence-corrected chi connectivity index (χ0v) is 13.3. The molecule has 0 saturated heterocycles. The minimum Gasteiger partial charge on any atom is -0.368 e. The Morgan fingerprint density at radius 1 is 1.30 bits per heavy atom. The van der Waals surface area contributed by atoms with Crippen LogP contribution in [0.5, 0.6) is 0 Å². The Labute approximate surface area is 137 Å². The summed E-state index contributed by atoms with van der Waals surface area (Å²) in [6.45, 7) is 0.581. The Morgan fingerprint density at radius 2 is 2.17 bits per heavy atom. The van der Waals surface area contributed by atoms with Crippen molar-refractivity contribution >= 4 is 11.8 Å². The van der Waals surface area contributed by atoms with Crippen molar-refractivity contribution in [3.8, 4) is 0 Å². The van der Waals surface area contributed by atoms with E-state index in [0.717, 1.165) is 29.4 Å². The number of hydrogen-bond donors (Lipinski definition) is 1. The Kier molecular flexibility index (Phi) is 3.63. The standard InChI is InChI=1S/C19H23N2O2/c20-19(23)18-16-4-2-1-3-13(16)7-8-21(18)17(22)11-15-10-12-5-6-14(15)9-12/h2-4,12,14-15,18H,5-11H2,(H2,20,23). The molecule has 2 aliphatic carbocycles. The van der Waals surface area contributed by atoms with Crippen molar-refractivity contribution in [1.82, 2.24) is 4.90 Å². The fourth-order valence-corrected chi connectivity index (χ4v) is 5.04. The molecule has 4 heteroatoms. The zero-order valence-electron chi connectivity index (χ0n) is 13.3. The second-order valence-corrected chi connectivity index (χ2v) is 7.41. The van der Waals surface area contributed by atoms with E-state index in [1.165, 1.54) is 25.7 Å². The molecule has 2 saturated carbocycles. The van der Waals surface area contributed by atoms with Crippen LogP contribution in [0.3, 0.4) is 0 Å². The number of nitrogens with zero attached hydrogens (tertiary/aromatic N) is 1. The molecule has 1 radical (unpaired) electrons. The maximum absolute atomic E-state index is 12.9. The van der Waals surface area contributed by atoms with Crippen molar-refractivity contribution in [2.75, 3.05) is 6.54 Å². The van der Waals surface area contributed by atoms with Crippen molar-refractivity contribution in [3.05, 3.63) is 35.4 Å². The topological polar surface area (TPSA) is 63.4 Å². The van der Waals surface area contributed by atoms with E-state index < -0.39 is 11.9 Å². The van der Waals surface area contributed by atoms with E-state index in [0.29, 0.717) is 18.9 Å². The lowest BCUT2D eigenvalue weighted by molar-refractivity contribution is -0.141. The Hall–Kier alpha value is -1.84. The lowest BCUT2D eigenvalue weighted by atomic mass is 9.85. The van der Waals surface area contributed by atoms with Crippen LogP contribution in [0.1, 0.15) is 49.3 Å². The number of benzene rings is 1. The number of nitrogens with two attached hydrogens (primary N) is 1. The van der Waals surface area contributed by atoms with Crippen molar-refractivity contribution in [1.29, 1.82) is 0 Å². The van der Waals surface area contributed by atoms with Gasteiger partial charge in [-0.1, -0.05) is 24.6 Å². The van der Waals surface area contributed by atoms with E-state index in [2.05, 4.69) is 6.07 Å². The van der Waals surface area contributed by atoms with E-state index >= 15 is 0 Å². The SMILES string of the molecule is NC(=O)C1c2cc[c]cc2CCN1C(=O)CC1CC2CCC1C2. The van der Waals surface area contributed by atoms with Crippen molar-refractivity contribution in [2.24, 2.45) is 23.5 Å². The Bertz CT molecular complexity index is 642. The molecule has 23 heavy (non-hydrogen) atoms. The van der Waals surface area contributed by atoms with E-state index in [9.17, 15) is 9.59 Å². The summed E-state index contributed by atoms with van der Waals surface area (Å²) in [5, 5.41) is 0. The van der Waals surface area contributed by atoms with Crippen LogP contribution in [0.15, 0.2) is 18.2 Å². The molecule has 4 rings (SSSR count). The molecule has 2 N–H and O–H groups in total. The summed E-state index contributed by atoms with van der Waals surface area (Å²) < 4.78 is 0. The fraction of sp³-hybridized carbons (Fsp3) is 0.579. The molecule has 1 heterocycles. The van der Waals surface area contributed by atoms with E-state index in [1.807, 2.05) is 12.1 Å². The highest BCUT2D eigenvalue weighted by molar-refractivity contribution is 5.88. The number of primary amides is 1. The van der Waals surface area contributed by atoms with Gasteiger partial charge >= 0.3 is 0 Å². The van der Waals surface area contributed by atoms with Crippen LogP contribution >= 0.6 is 0 Å². The number of rotatable bonds is 3. The lowest BCUT2D eigenvalue weighted by Crippen LogP contribution is -2.46. The first-order valence-electron chi connectivity index (χ1n) is 8.71. The minimum atomic E-state index is -0.612. The molecule has 1 aromatic carbocycles. The molecule has 2 fully saturated rings. The molecule has 4 unspecified atom stereocenters. The maximum Gasteiger partial charge on any atom is 0.244 e. The number of carbonyl (C=O) groups excluding carboxylic acids is 2. The molecule has 121 valence electrons. The van der Waals surface area contributed by atoms with E-state index in [-0.39, 0.29) is 5.91 Å². The summed E-state index contributed by atoms with van der Waals surface area (Å²) in [6.07, 6.45) is 6.47. The van der Waals surface area contributed by atoms with Crippen molar-refractivity contribution < 1.29 is 9.59 Å². The zero-order chi connectivity index (χ0) is 16.0. The third kappa shape index (κ3) is 2.54. The molecule has 4 atom stereocenters. The van der Waals surface area contributed by atoms with Gasteiger partial charge in [0.25, 0.3) is 0 Å². The predicted molar refractivity (Wildman–Crippen MR) is 86.2 cm³/mol. The molecular formula is C19H23N2O2. The van der Waals surface area contributed by atoms with Gasteiger partial charge in [-0.2, -0.15) is 0 Å². The number of carbonyl (C=O) groups is 2. The summed E-state index contributed by atoms with van der Waals surface area (Å²) in [5.41, 5.74) is 7.60. The quantitative estimate of drug-likeness (QED) is 0.930. The van der Waals surface area contributed by atoms with Gasteiger partial charge in [0.2, 0.25) is 11.8 Å². The maximum atomic E-state index is 12.9. The number of hydrogen-bond acceptors (Lipinski definition) is 2. The molecular weight excluding hydrogens is 288 g/mol. The van der Waals surface area contributed by atoms with Gasteiger partial charge in [-0.3, -0.25) is 9.59 Å². The molecule has 1 aliphatic heterocycles. The first kappa shape index (κ1) is 14.7. The van der Waals surface area contributed by atoms with Gasteiger partial charge in [-0.05, 0) is 60.6 Å². The highest BCUT2D eigenvalue weighted by atomic mass is 16.2. The van der Waals surface area contributed by atoms with Crippen LogP contribution in [0.2, 0.25) is 0 Å². The van der Waals surface area contributed by atoms with Crippen molar-refractivity contribution in [2.45, 2.75) is 44.6 Å². The monoisotopic (exact) mass is 311 g/mol. The average molecular weight is 311 g/mol. The highest BCUT2D eigenvalue weighted by Gasteiger charge is 2.42. The normalized spacial score (nSPS) is 31.9. The first-order chi connectivity index (χ1) is 11.1. The predicted octanol–water partition coefficient (Wildman–Crippen LogP) is 2.22. The van der Waals surface area contributed by atoms with E-state index in [4.69, 9.17) is 5.73 Å². The average Bonchev–Trinajstić information content (AvgIpc) is 3.16. The molecule has 0 aromatic heterocycles. The second kappa shape index (κ2) is 5.66. The van der Waals surface area contributed by atoms with Gasteiger partial charge in [0.05, 0.1) is 0 Å². The largest absolute Gasteiger partial charge is 0.368 e. The van der Waals surface area contributed by atoms with Crippen LogP contribution in [0.25, 0.3) is 0 Å².